The molecule has 8 nitrogen and oxygen atoms in total. The number of piperazine rings is 1. The fourth-order valence-corrected chi connectivity index (χ4v) is 5.02. The van der Waals surface area contributed by atoms with Gasteiger partial charge >= 0.3 is 6.03 Å². The average molecular weight is 502 g/mol. The van der Waals surface area contributed by atoms with Crippen molar-refractivity contribution in [1.29, 1.82) is 0 Å². The first kappa shape index (κ1) is 26.2. The lowest BCUT2D eigenvalue weighted by atomic mass is 10.0. The van der Waals surface area contributed by atoms with Crippen LogP contribution < -0.4 is 5.32 Å². The summed E-state index contributed by atoms with van der Waals surface area (Å²) in [7, 11) is 0. The van der Waals surface area contributed by atoms with Crippen molar-refractivity contribution in [2.45, 2.75) is 58.4 Å². The quantitative estimate of drug-likeness (QED) is 0.564. The number of unbranched alkanes of at least 4 members (excludes halogenated alkanes) is 1. The molecule has 2 fully saturated rings. The smallest absolute Gasteiger partial charge is 0.333 e. The van der Waals surface area contributed by atoms with Gasteiger partial charge in [0.2, 0.25) is 11.8 Å². The molecular weight excluding hydrogens is 466 g/mol. The van der Waals surface area contributed by atoms with E-state index in [1.54, 1.807) is 19.8 Å². The number of fused-ring (bicyclic) bond motifs is 1. The largest absolute Gasteiger partial charge is 0.334 e. The third-order valence-electron chi connectivity index (χ3n) is 6.92. The van der Waals surface area contributed by atoms with Crippen molar-refractivity contribution in [3.63, 3.8) is 0 Å². The van der Waals surface area contributed by atoms with Crippen LogP contribution in [-0.2, 0) is 22.7 Å². The Morgan fingerprint density at radius 1 is 1.08 bits per heavy atom. The number of hydrogen-bond acceptors (Lipinski definition) is 4. The molecule has 4 amide bonds. The molecule has 4 rings (SSSR count). The number of benzene rings is 2. The Morgan fingerprint density at radius 2 is 1.81 bits per heavy atom. The number of terminal acetylenes is 1. The van der Waals surface area contributed by atoms with Gasteiger partial charge in [0.1, 0.15) is 12.2 Å². The van der Waals surface area contributed by atoms with Gasteiger partial charge < -0.3 is 15.1 Å². The minimum atomic E-state index is -0.643. The summed E-state index contributed by atoms with van der Waals surface area (Å²) in [5.41, 5.74) is 3.11. The predicted molar refractivity (Wildman–Crippen MR) is 141 cm³/mol. The Bertz CT molecular complexity index is 1140. The summed E-state index contributed by atoms with van der Waals surface area (Å²) in [6.07, 6.45) is 7.23. The minimum absolute atomic E-state index is 0.0483. The van der Waals surface area contributed by atoms with Crippen molar-refractivity contribution in [1.82, 2.24) is 25.1 Å². The Kier molecular flexibility index (Phi) is 8.47. The molecule has 0 aliphatic carbocycles. The molecule has 0 spiro atoms. The number of hydrazine groups is 1. The van der Waals surface area contributed by atoms with Crippen molar-refractivity contribution in [3.8, 4) is 12.3 Å². The van der Waals surface area contributed by atoms with Crippen LogP contribution in [0.15, 0.2) is 54.6 Å². The maximum absolute atomic E-state index is 13.7. The number of amides is 4. The van der Waals surface area contributed by atoms with Gasteiger partial charge in [0, 0.05) is 13.1 Å². The van der Waals surface area contributed by atoms with E-state index in [-0.39, 0.29) is 37.5 Å². The number of hydrogen-bond donors (Lipinski definition) is 1. The van der Waals surface area contributed by atoms with E-state index in [9.17, 15) is 14.4 Å². The van der Waals surface area contributed by atoms with E-state index in [0.717, 1.165) is 29.5 Å². The van der Waals surface area contributed by atoms with Gasteiger partial charge in [-0.05, 0) is 24.5 Å². The average Bonchev–Trinajstić information content (AvgIpc) is 2.89. The molecule has 8 heteroatoms. The van der Waals surface area contributed by atoms with Gasteiger partial charge in [-0.3, -0.25) is 9.59 Å². The second-order valence-corrected chi connectivity index (χ2v) is 9.66. The summed E-state index contributed by atoms with van der Waals surface area (Å²) in [6, 6.07) is 16.7. The van der Waals surface area contributed by atoms with E-state index in [1.807, 2.05) is 61.5 Å². The Morgan fingerprint density at radius 3 is 2.49 bits per heavy atom. The van der Waals surface area contributed by atoms with E-state index in [0.29, 0.717) is 19.5 Å². The van der Waals surface area contributed by atoms with Gasteiger partial charge in [0.05, 0.1) is 19.6 Å². The van der Waals surface area contributed by atoms with Crippen LogP contribution in [0.2, 0.25) is 0 Å². The lowest BCUT2D eigenvalue weighted by Gasteiger charge is -2.55. The Hall–Kier alpha value is -3.83. The first-order valence-corrected chi connectivity index (χ1v) is 12.9. The van der Waals surface area contributed by atoms with E-state index in [1.165, 1.54) is 0 Å². The van der Waals surface area contributed by atoms with E-state index in [2.05, 4.69) is 18.2 Å². The zero-order chi connectivity index (χ0) is 26.4. The molecule has 2 aliphatic rings. The second kappa shape index (κ2) is 11.9. The number of nitrogens with one attached hydrogen (secondary N) is 1. The minimum Gasteiger partial charge on any atom is -0.333 e. The first-order valence-electron chi connectivity index (χ1n) is 12.9. The number of carbonyl (C=O) groups is 3. The van der Waals surface area contributed by atoms with Crippen molar-refractivity contribution in [3.05, 3.63) is 71.3 Å². The fourth-order valence-electron chi connectivity index (χ4n) is 5.02. The molecule has 37 heavy (non-hydrogen) atoms. The SMILES string of the molecule is C#CCN1CC(=O)N2[C@@H](CCCC)C(=O)N(Cc3ccc(C)cc3)C[C@@H]2N1C(=O)NCc1ccccc1. The third kappa shape index (κ3) is 5.95. The van der Waals surface area contributed by atoms with Crippen LogP contribution in [0.1, 0.15) is 42.9 Å². The first-order chi connectivity index (χ1) is 17.9. The van der Waals surface area contributed by atoms with E-state index < -0.39 is 12.2 Å². The van der Waals surface area contributed by atoms with Crippen molar-refractivity contribution in [2.75, 3.05) is 19.6 Å². The highest BCUT2D eigenvalue weighted by molar-refractivity contribution is 5.91. The fraction of sp³-hybridized carbons (Fsp3) is 0.414. The van der Waals surface area contributed by atoms with Gasteiger partial charge in [-0.1, -0.05) is 85.8 Å². The number of urea groups is 1. The monoisotopic (exact) mass is 501 g/mol. The van der Waals surface area contributed by atoms with Crippen LogP contribution in [-0.4, -0.2) is 69.5 Å². The molecule has 0 saturated carbocycles. The highest BCUT2D eigenvalue weighted by Gasteiger charge is 2.51. The summed E-state index contributed by atoms with van der Waals surface area (Å²) < 4.78 is 0. The molecule has 2 saturated heterocycles. The van der Waals surface area contributed by atoms with Gasteiger partial charge in [-0.25, -0.2) is 9.80 Å². The third-order valence-corrected chi connectivity index (χ3v) is 6.92. The summed E-state index contributed by atoms with van der Waals surface area (Å²) in [5, 5.41) is 6.15. The lowest BCUT2D eigenvalue weighted by Crippen LogP contribution is -2.76. The van der Waals surface area contributed by atoms with Crippen LogP contribution in [0.5, 0.6) is 0 Å². The van der Waals surface area contributed by atoms with Crippen LogP contribution in [0.3, 0.4) is 0 Å². The summed E-state index contributed by atoms with van der Waals surface area (Å²) in [4.78, 5) is 44.0. The van der Waals surface area contributed by atoms with Gasteiger partial charge in [0.15, 0.2) is 0 Å². The van der Waals surface area contributed by atoms with Crippen LogP contribution in [0.4, 0.5) is 4.79 Å². The highest BCUT2D eigenvalue weighted by Crippen LogP contribution is 2.29. The molecule has 0 radical (unpaired) electrons. The number of nitrogens with zero attached hydrogens (tertiary/aromatic N) is 4. The van der Waals surface area contributed by atoms with E-state index >= 15 is 0 Å². The van der Waals surface area contributed by atoms with Crippen molar-refractivity contribution in [2.24, 2.45) is 0 Å². The van der Waals surface area contributed by atoms with Crippen LogP contribution in [0, 0.1) is 19.3 Å². The molecule has 0 aromatic heterocycles. The molecule has 2 atom stereocenters. The van der Waals surface area contributed by atoms with E-state index in [4.69, 9.17) is 6.42 Å². The number of rotatable bonds is 8. The van der Waals surface area contributed by atoms with Crippen LogP contribution >= 0.6 is 0 Å². The lowest BCUT2D eigenvalue weighted by molar-refractivity contribution is -0.189. The molecule has 2 heterocycles. The molecule has 2 aromatic rings. The van der Waals surface area contributed by atoms with Gasteiger partial charge in [0.25, 0.3) is 0 Å². The molecule has 0 bridgehead atoms. The Labute approximate surface area is 219 Å². The molecule has 1 N–H and O–H groups in total. The van der Waals surface area contributed by atoms with Crippen LogP contribution in [0.25, 0.3) is 0 Å². The zero-order valence-electron chi connectivity index (χ0n) is 21.6. The number of carbonyl (C=O) groups excluding carboxylic acids is 3. The standard InChI is InChI=1S/C29H35N5O3/c1-4-6-12-25-28(36)31(19-24-15-13-22(3)14-16-24)20-26-33(25)27(35)21-32(17-5-2)34(26)29(37)30-18-23-10-8-7-9-11-23/h2,7-11,13-16,25-26H,4,6,12,17-21H2,1,3H3,(H,30,37)/t25-,26-/m0/s1. The topological polar surface area (TPSA) is 76.2 Å². The number of aryl methyl sites for hydroxylation is 1. The summed E-state index contributed by atoms with van der Waals surface area (Å²) >= 11 is 0. The zero-order valence-corrected chi connectivity index (χ0v) is 21.6. The predicted octanol–water partition coefficient (Wildman–Crippen LogP) is 3.13. The van der Waals surface area contributed by atoms with Gasteiger partial charge in [-0.15, -0.1) is 6.42 Å². The summed E-state index contributed by atoms with van der Waals surface area (Å²) in [6.45, 7) is 5.11. The summed E-state index contributed by atoms with van der Waals surface area (Å²) in [5.74, 6) is 2.32. The second-order valence-electron chi connectivity index (χ2n) is 9.66. The highest BCUT2D eigenvalue weighted by atomic mass is 16.2. The van der Waals surface area contributed by atoms with Crippen molar-refractivity contribution < 1.29 is 14.4 Å². The molecular formula is C29H35N5O3. The molecule has 2 aliphatic heterocycles. The normalized spacial score (nSPS) is 20.0. The van der Waals surface area contributed by atoms with Gasteiger partial charge in [-0.2, -0.15) is 5.01 Å². The maximum Gasteiger partial charge on any atom is 0.334 e. The Balaban J connectivity index is 1.64. The molecule has 194 valence electrons. The molecule has 2 aromatic carbocycles. The van der Waals surface area contributed by atoms with Crippen molar-refractivity contribution >= 4 is 17.8 Å². The molecule has 0 unspecified atom stereocenters. The maximum atomic E-state index is 13.7.